The number of nitrogens with one attached hydrogen (secondary N) is 1. The van der Waals surface area contributed by atoms with Crippen LogP contribution in [0.2, 0.25) is 0 Å². The summed E-state index contributed by atoms with van der Waals surface area (Å²) in [5, 5.41) is 8.26. The number of benzene rings is 2. The number of aryl methyl sites for hydroxylation is 4. The van der Waals surface area contributed by atoms with Gasteiger partial charge in [-0.15, -0.1) is 11.3 Å². The Hall–Kier alpha value is -3.32. The number of anilines is 1. The van der Waals surface area contributed by atoms with E-state index in [1.54, 1.807) is 0 Å². The molecule has 2 heterocycles. The van der Waals surface area contributed by atoms with Gasteiger partial charge in [0, 0.05) is 11.3 Å². The van der Waals surface area contributed by atoms with Crippen molar-refractivity contribution in [2.75, 3.05) is 5.32 Å². The van der Waals surface area contributed by atoms with E-state index >= 15 is 0 Å². The van der Waals surface area contributed by atoms with Gasteiger partial charge in [-0.25, -0.2) is 9.67 Å². The Kier molecular flexibility index (Phi) is 5.22. The van der Waals surface area contributed by atoms with E-state index in [4.69, 9.17) is 0 Å². The van der Waals surface area contributed by atoms with Gasteiger partial charge in [0.1, 0.15) is 12.2 Å². The van der Waals surface area contributed by atoms with E-state index in [1.807, 2.05) is 70.2 Å². The molecule has 0 bridgehead atoms. The third-order valence-electron chi connectivity index (χ3n) is 4.89. The standard InChI is InChI=1S/C23H22N4O2S/c1-13-10-14(2)19(15(3)11-13)25-18(28)12-27-23(29)21-22(30-16(4)24-21)20(26-27)17-8-6-5-7-9-17/h5-11H,12H2,1-4H3,(H,25,28). The first-order valence-corrected chi connectivity index (χ1v) is 10.5. The number of carbonyl (C=O) groups is 1. The number of nitrogens with zero attached hydrogens (tertiary/aromatic N) is 3. The van der Waals surface area contributed by atoms with Crippen LogP contribution in [-0.4, -0.2) is 20.7 Å². The number of thiazole rings is 1. The third kappa shape index (κ3) is 3.76. The smallest absolute Gasteiger partial charge is 0.294 e. The lowest BCUT2D eigenvalue weighted by Gasteiger charge is -2.13. The second-order valence-corrected chi connectivity index (χ2v) is 8.61. The minimum absolute atomic E-state index is 0.183. The largest absolute Gasteiger partial charge is 0.324 e. The molecule has 4 rings (SSSR count). The SMILES string of the molecule is Cc1cc(C)c(NC(=O)Cn2nc(-c3ccccc3)c3sc(C)nc3c2=O)c(C)c1. The Morgan fingerprint density at radius 3 is 2.40 bits per heavy atom. The Bertz CT molecular complexity index is 1300. The fraction of sp³-hybridized carbons (Fsp3) is 0.217. The first-order chi connectivity index (χ1) is 14.3. The van der Waals surface area contributed by atoms with Crippen molar-refractivity contribution < 1.29 is 4.79 Å². The van der Waals surface area contributed by atoms with Crippen molar-refractivity contribution in [1.82, 2.24) is 14.8 Å². The highest BCUT2D eigenvalue weighted by Gasteiger charge is 2.18. The Morgan fingerprint density at radius 2 is 1.73 bits per heavy atom. The molecule has 1 amide bonds. The monoisotopic (exact) mass is 418 g/mol. The number of fused-ring (bicyclic) bond motifs is 1. The van der Waals surface area contributed by atoms with Gasteiger partial charge in [-0.1, -0.05) is 48.0 Å². The van der Waals surface area contributed by atoms with Crippen LogP contribution >= 0.6 is 11.3 Å². The molecular formula is C23H22N4O2S. The summed E-state index contributed by atoms with van der Waals surface area (Å²) in [6.45, 7) is 7.61. The lowest BCUT2D eigenvalue weighted by molar-refractivity contribution is -0.117. The van der Waals surface area contributed by atoms with Gasteiger partial charge in [0.2, 0.25) is 5.91 Å². The van der Waals surface area contributed by atoms with E-state index in [-0.39, 0.29) is 18.0 Å². The normalized spacial score (nSPS) is 11.1. The molecule has 0 atom stereocenters. The van der Waals surface area contributed by atoms with Gasteiger partial charge in [0.25, 0.3) is 5.56 Å². The molecule has 2 aromatic heterocycles. The van der Waals surface area contributed by atoms with E-state index in [1.165, 1.54) is 16.0 Å². The predicted molar refractivity (Wildman–Crippen MR) is 121 cm³/mol. The van der Waals surface area contributed by atoms with Crippen LogP contribution < -0.4 is 10.9 Å². The average molecular weight is 419 g/mol. The van der Waals surface area contributed by atoms with Crippen LogP contribution in [0.5, 0.6) is 0 Å². The van der Waals surface area contributed by atoms with E-state index in [0.29, 0.717) is 11.2 Å². The highest BCUT2D eigenvalue weighted by atomic mass is 32.1. The topological polar surface area (TPSA) is 76.9 Å². The Labute approximate surface area is 178 Å². The second-order valence-electron chi connectivity index (χ2n) is 7.41. The number of amides is 1. The van der Waals surface area contributed by atoms with Crippen LogP contribution in [-0.2, 0) is 11.3 Å². The maximum Gasteiger partial charge on any atom is 0.294 e. The zero-order valence-corrected chi connectivity index (χ0v) is 18.1. The van der Waals surface area contributed by atoms with Crippen molar-refractivity contribution in [2.45, 2.75) is 34.2 Å². The Balaban J connectivity index is 1.74. The quantitative estimate of drug-likeness (QED) is 0.533. The molecule has 7 heteroatoms. The van der Waals surface area contributed by atoms with Crippen molar-refractivity contribution in [3.8, 4) is 11.3 Å². The van der Waals surface area contributed by atoms with Crippen molar-refractivity contribution in [3.05, 3.63) is 74.5 Å². The van der Waals surface area contributed by atoms with Crippen molar-refractivity contribution in [3.63, 3.8) is 0 Å². The number of hydrogen-bond acceptors (Lipinski definition) is 5. The molecule has 0 fully saturated rings. The summed E-state index contributed by atoms with van der Waals surface area (Å²) in [6.07, 6.45) is 0. The predicted octanol–water partition coefficient (Wildman–Crippen LogP) is 4.39. The molecule has 0 spiro atoms. The van der Waals surface area contributed by atoms with E-state index in [2.05, 4.69) is 15.4 Å². The van der Waals surface area contributed by atoms with Gasteiger partial charge < -0.3 is 5.32 Å². The van der Waals surface area contributed by atoms with Gasteiger partial charge in [0.15, 0.2) is 5.52 Å². The molecule has 0 aliphatic heterocycles. The molecular weight excluding hydrogens is 396 g/mol. The minimum Gasteiger partial charge on any atom is -0.324 e. The van der Waals surface area contributed by atoms with Crippen molar-refractivity contribution in [2.24, 2.45) is 0 Å². The zero-order chi connectivity index (χ0) is 21.4. The molecule has 0 saturated heterocycles. The molecule has 4 aromatic rings. The van der Waals surface area contributed by atoms with Crippen molar-refractivity contribution >= 4 is 33.1 Å². The molecule has 0 aliphatic carbocycles. The van der Waals surface area contributed by atoms with Crippen LogP contribution in [0.3, 0.4) is 0 Å². The number of hydrogen-bond donors (Lipinski definition) is 1. The molecule has 0 unspecified atom stereocenters. The number of carbonyl (C=O) groups excluding carboxylic acids is 1. The van der Waals surface area contributed by atoms with Crippen LogP contribution in [0.25, 0.3) is 21.5 Å². The minimum atomic E-state index is -0.360. The first kappa shape index (κ1) is 20.0. The van der Waals surface area contributed by atoms with Gasteiger partial charge in [0.05, 0.1) is 9.71 Å². The fourth-order valence-corrected chi connectivity index (χ4v) is 4.57. The maximum atomic E-state index is 13.0. The second kappa shape index (κ2) is 7.84. The summed E-state index contributed by atoms with van der Waals surface area (Å²) >= 11 is 1.44. The summed E-state index contributed by atoms with van der Waals surface area (Å²) in [4.78, 5) is 30.1. The number of aromatic nitrogens is 3. The maximum absolute atomic E-state index is 13.0. The van der Waals surface area contributed by atoms with E-state index in [9.17, 15) is 9.59 Å². The third-order valence-corrected chi connectivity index (χ3v) is 5.87. The van der Waals surface area contributed by atoms with Gasteiger partial charge in [-0.3, -0.25) is 9.59 Å². The summed E-state index contributed by atoms with van der Waals surface area (Å²) < 4.78 is 1.95. The van der Waals surface area contributed by atoms with Gasteiger partial charge in [-0.2, -0.15) is 5.10 Å². The number of rotatable bonds is 4. The average Bonchev–Trinajstić information content (AvgIpc) is 3.09. The van der Waals surface area contributed by atoms with E-state index < -0.39 is 0 Å². The molecule has 0 saturated carbocycles. The highest BCUT2D eigenvalue weighted by Crippen LogP contribution is 2.29. The molecule has 152 valence electrons. The lowest BCUT2D eigenvalue weighted by atomic mass is 10.1. The first-order valence-electron chi connectivity index (χ1n) is 9.65. The molecule has 0 aliphatic rings. The van der Waals surface area contributed by atoms with Crippen molar-refractivity contribution in [1.29, 1.82) is 0 Å². The zero-order valence-electron chi connectivity index (χ0n) is 17.3. The fourth-order valence-electron chi connectivity index (χ4n) is 3.65. The van der Waals surface area contributed by atoms with Crippen LogP contribution in [0, 0.1) is 27.7 Å². The van der Waals surface area contributed by atoms with Crippen LogP contribution in [0.4, 0.5) is 5.69 Å². The lowest BCUT2D eigenvalue weighted by Crippen LogP contribution is -2.30. The molecule has 1 N–H and O–H groups in total. The molecule has 2 aromatic carbocycles. The van der Waals surface area contributed by atoms with Crippen LogP contribution in [0.15, 0.2) is 47.3 Å². The van der Waals surface area contributed by atoms with Gasteiger partial charge in [-0.05, 0) is 38.8 Å². The summed E-state index contributed by atoms with van der Waals surface area (Å²) in [5.74, 6) is -0.301. The van der Waals surface area contributed by atoms with Crippen LogP contribution in [0.1, 0.15) is 21.7 Å². The molecule has 30 heavy (non-hydrogen) atoms. The summed E-state index contributed by atoms with van der Waals surface area (Å²) in [7, 11) is 0. The summed E-state index contributed by atoms with van der Waals surface area (Å²) in [5.41, 5.74) is 5.40. The molecule has 6 nitrogen and oxygen atoms in total. The summed E-state index contributed by atoms with van der Waals surface area (Å²) in [6, 6.07) is 13.7. The van der Waals surface area contributed by atoms with Gasteiger partial charge >= 0.3 is 0 Å². The Morgan fingerprint density at radius 1 is 1.07 bits per heavy atom. The molecule has 0 radical (unpaired) electrons. The highest BCUT2D eigenvalue weighted by molar-refractivity contribution is 7.19. The van der Waals surface area contributed by atoms with E-state index in [0.717, 1.165) is 37.6 Å².